The first-order valence-corrected chi connectivity index (χ1v) is 9.31. The second-order valence-corrected chi connectivity index (χ2v) is 8.39. The van der Waals surface area contributed by atoms with Crippen molar-refractivity contribution in [2.24, 2.45) is 0 Å². The second-order valence-electron chi connectivity index (χ2n) is 8.39. The molecule has 134 valence electrons. The van der Waals surface area contributed by atoms with Crippen molar-refractivity contribution in [1.29, 1.82) is 0 Å². The summed E-state index contributed by atoms with van der Waals surface area (Å²) in [5.41, 5.74) is 5.04. The van der Waals surface area contributed by atoms with E-state index in [1.165, 1.54) is 22.5 Å². The molecule has 0 atom stereocenters. The summed E-state index contributed by atoms with van der Waals surface area (Å²) in [5.74, 6) is 0. The van der Waals surface area contributed by atoms with Gasteiger partial charge >= 0.3 is 0 Å². The molecule has 0 aliphatic heterocycles. The van der Waals surface area contributed by atoms with Crippen molar-refractivity contribution >= 4 is 11.4 Å². The average molecular weight is 344 g/mol. The number of rotatable bonds is 4. The van der Waals surface area contributed by atoms with Gasteiger partial charge in [0.25, 0.3) is 0 Å². The fraction of sp³-hybridized carbons (Fsp3) is 0.280. The highest BCUT2D eigenvalue weighted by Crippen LogP contribution is 2.39. The standard InChI is InChI=1S/C25H29N/c1-24(2,3)20-16-18-23(19-17-20)26(22-14-10-7-11-15-22)25(4,5)21-12-8-6-9-13-21/h6-19H,1-5H3. The maximum absolute atomic E-state index is 2.43. The molecule has 0 unspecified atom stereocenters. The van der Waals surface area contributed by atoms with E-state index in [-0.39, 0.29) is 11.0 Å². The van der Waals surface area contributed by atoms with Crippen LogP contribution in [0.1, 0.15) is 45.7 Å². The molecule has 0 aromatic heterocycles. The van der Waals surface area contributed by atoms with E-state index in [4.69, 9.17) is 0 Å². The maximum Gasteiger partial charge on any atom is 0.0646 e. The van der Waals surface area contributed by atoms with Gasteiger partial charge in [-0.2, -0.15) is 0 Å². The van der Waals surface area contributed by atoms with Gasteiger partial charge in [-0.25, -0.2) is 0 Å². The van der Waals surface area contributed by atoms with Crippen LogP contribution < -0.4 is 4.90 Å². The number of hydrogen-bond acceptors (Lipinski definition) is 1. The SMILES string of the molecule is CC(C)(C)c1ccc(N(c2ccccc2)C(C)(C)c2ccccc2)cc1. The van der Waals surface area contributed by atoms with Crippen molar-refractivity contribution in [2.75, 3.05) is 4.90 Å². The molecule has 3 rings (SSSR count). The first-order chi connectivity index (χ1) is 12.3. The van der Waals surface area contributed by atoms with E-state index in [9.17, 15) is 0 Å². The highest BCUT2D eigenvalue weighted by Gasteiger charge is 2.30. The summed E-state index contributed by atoms with van der Waals surface area (Å²) in [6.45, 7) is 11.3. The minimum Gasteiger partial charge on any atom is -0.332 e. The molecular weight excluding hydrogens is 314 g/mol. The Hall–Kier alpha value is -2.54. The minimum absolute atomic E-state index is 0.158. The molecule has 1 heteroatoms. The third kappa shape index (κ3) is 3.67. The Kier molecular flexibility index (Phi) is 4.91. The van der Waals surface area contributed by atoms with Crippen molar-refractivity contribution in [3.05, 3.63) is 96.1 Å². The van der Waals surface area contributed by atoms with Crippen LogP contribution in [-0.4, -0.2) is 0 Å². The number of anilines is 2. The Labute approximate surface area is 158 Å². The third-order valence-corrected chi connectivity index (χ3v) is 5.05. The summed E-state index contributed by atoms with van der Waals surface area (Å²) in [7, 11) is 0. The maximum atomic E-state index is 2.43. The van der Waals surface area contributed by atoms with Crippen LogP contribution in [-0.2, 0) is 11.0 Å². The zero-order valence-corrected chi connectivity index (χ0v) is 16.5. The van der Waals surface area contributed by atoms with Crippen LogP contribution in [0.4, 0.5) is 11.4 Å². The molecule has 0 saturated heterocycles. The zero-order valence-electron chi connectivity index (χ0n) is 16.5. The van der Waals surface area contributed by atoms with Gasteiger partial charge in [-0.15, -0.1) is 0 Å². The summed E-state index contributed by atoms with van der Waals surface area (Å²) < 4.78 is 0. The van der Waals surface area contributed by atoms with E-state index < -0.39 is 0 Å². The molecule has 3 aromatic rings. The van der Waals surface area contributed by atoms with Crippen LogP contribution in [0, 0.1) is 0 Å². The quantitative estimate of drug-likeness (QED) is 0.490. The van der Waals surface area contributed by atoms with E-state index in [0.29, 0.717) is 0 Å². The molecular formula is C25H29N. The van der Waals surface area contributed by atoms with Gasteiger partial charge in [0, 0.05) is 11.4 Å². The van der Waals surface area contributed by atoms with Crippen LogP contribution in [0.5, 0.6) is 0 Å². The summed E-state index contributed by atoms with van der Waals surface area (Å²) >= 11 is 0. The molecule has 0 aliphatic rings. The first kappa shape index (κ1) is 18.3. The lowest BCUT2D eigenvalue weighted by Crippen LogP contribution is -2.38. The Bertz CT molecular complexity index is 825. The first-order valence-electron chi connectivity index (χ1n) is 9.31. The highest BCUT2D eigenvalue weighted by atomic mass is 15.2. The number of benzene rings is 3. The van der Waals surface area contributed by atoms with Gasteiger partial charge in [0.15, 0.2) is 0 Å². The van der Waals surface area contributed by atoms with Gasteiger partial charge in [-0.05, 0) is 54.7 Å². The molecule has 0 spiro atoms. The molecule has 26 heavy (non-hydrogen) atoms. The van der Waals surface area contributed by atoms with Crippen molar-refractivity contribution in [2.45, 2.75) is 45.6 Å². The van der Waals surface area contributed by atoms with Gasteiger partial charge in [-0.1, -0.05) is 81.4 Å². The molecule has 0 radical (unpaired) electrons. The van der Waals surface area contributed by atoms with Crippen LogP contribution >= 0.6 is 0 Å². The van der Waals surface area contributed by atoms with E-state index in [0.717, 1.165) is 0 Å². The number of nitrogens with zero attached hydrogens (tertiary/aromatic N) is 1. The molecule has 0 fully saturated rings. The van der Waals surface area contributed by atoms with Gasteiger partial charge in [0.2, 0.25) is 0 Å². The summed E-state index contributed by atoms with van der Waals surface area (Å²) in [6, 6.07) is 30.4. The van der Waals surface area contributed by atoms with Crippen LogP contribution in [0.15, 0.2) is 84.9 Å². The summed E-state index contributed by atoms with van der Waals surface area (Å²) in [5, 5.41) is 0. The van der Waals surface area contributed by atoms with E-state index in [2.05, 4.69) is 124 Å². The second kappa shape index (κ2) is 6.99. The molecule has 0 heterocycles. The lowest BCUT2D eigenvalue weighted by Gasteiger charge is -2.41. The van der Waals surface area contributed by atoms with Crippen LogP contribution in [0.25, 0.3) is 0 Å². The summed E-state index contributed by atoms with van der Waals surface area (Å²) in [6.07, 6.45) is 0. The minimum atomic E-state index is -0.175. The monoisotopic (exact) mass is 343 g/mol. The predicted octanol–water partition coefficient (Wildman–Crippen LogP) is 7.06. The van der Waals surface area contributed by atoms with Crippen molar-refractivity contribution in [3.63, 3.8) is 0 Å². The lowest BCUT2D eigenvalue weighted by atomic mass is 9.86. The van der Waals surface area contributed by atoms with Crippen molar-refractivity contribution < 1.29 is 0 Å². The Balaban J connectivity index is 2.11. The van der Waals surface area contributed by atoms with Crippen LogP contribution in [0.2, 0.25) is 0 Å². The van der Waals surface area contributed by atoms with E-state index in [1.54, 1.807) is 0 Å². The lowest BCUT2D eigenvalue weighted by molar-refractivity contribution is 0.535. The van der Waals surface area contributed by atoms with E-state index >= 15 is 0 Å². The molecule has 0 aliphatic carbocycles. The van der Waals surface area contributed by atoms with E-state index in [1.807, 2.05) is 0 Å². The molecule has 0 N–H and O–H groups in total. The fourth-order valence-electron chi connectivity index (χ4n) is 3.46. The molecule has 0 bridgehead atoms. The number of para-hydroxylation sites is 1. The Morgan fingerprint density at radius 1 is 0.500 bits per heavy atom. The Morgan fingerprint density at radius 3 is 1.46 bits per heavy atom. The topological polar surface area (TPSA) is 3.24 Å². The van der Waals surface area contributed by atoms with Crippen molar-refractivity contribution in [3.8, 4) is 0 Å². The van der Waals surface area contributed by atoms with Crippen LogP contribution in [0.3, 0.4) is 0 Å². The third-order valence-electron chi connectivity index (χ3n) is 5.05. The Morgan fingerprint density at radius 2 is 0.962 bits per heavy atom. The summed E-state index contributed by atoms with van der Waals surface area (Å²) in [4.78, 5) is 2.43. The molecule has 0 saturated carbocycles. The zero-order chi connectivity index (χ0) is 18.8. The largest absolute Gasteiger partial charge is 0.332 e. The molecule has 3 aromatic carbocycles. The molecule has 0 amide bonds. The highest BCUT2D eigenvalue weighted by molar-refractivity contribution is 5.67. The fourth-order valence-corrected chi connectivity index (χ4v) is 3.46. The normalized spacial score (nSPS) is 12.0. The van der Waals surface area contributed by atoms with Gasteiger partial charge in [0.05, 0.1) is 5.54 Å². The molecule has 1 nitrogen and oxygen atoms in total. The average Bonchev–Trinajstić information content (AvgIpc) is 2.63. The van der Waals surface area contributed by atoms with Gasteiger partial charge < -0.3 is 4.90 Å². The van der Waals surface area contributed by atoms with Gasteiger partial charge in [-0.3, -0.25) is 0 Å². The predicted molar refractivity (Wildman–Crippen MR) is 113 cm³/mol. The number of hydrogen-bond donors (Lipinski definition) is 0. The van der Waals surface area contributed by atoms with Crippen molar-refractivity contribution in [1.82, 2.24) is 0 Å². The smallest absolute Gasteiger partial charge is 0.0646 e. The van der Waals surface area contributed by atoms with Gasteiger partial charge in [0.1, 0.15) is 0 Å².